The summed E-state index contributed by atoms with van der Waals surface area (Å²) in [4.78, 5) is 10.6. The molecule has 0 fully saturated rings. The summed E-state index contributed by atoms with van der Waals surface area (Å²) in [5.41, 5.74) is 10.4. The lowest BCUT2D eigenvalue weighted by Gasteiger charge is -2.24. The highest BCUT2D eigenvalue weighted by Crippen LogP contribution is 2.43. The lowest BCUT2D eigenvalue weighted by molar-refractivity contribution is 0.659. The normalized spacial score (nSPS) is 14.5. The molecule has 254 valence electrons. The fourth-order valence-corrected chi connectivity index (χ4v) is 8.00. The van der Waals surface area contributed by atoms with Crippen LogP contribution in [0.4, 0.5) is 0 Å². The Kier molecular flexibility index (Phi) is 6.85. The van der Waals surface area contributed by atoms with E-state index in [1.807, 2.05) is 48.5 Å². The number of hydrogen-bond donors (Lipinski definition) is 1. The van der Waals surface area contributed by atoms with Crippen molar-refractivity contribution in [2.75, 3.05) is 0 Å². The van der Waals surface area contributed by atoms with Crippen molar-refractivity contribution in [3.05, 3.63) is 193 Å². The molecule has 0 amide bonds. The molecule has 0 radical (unpaired) electrons. The molecular weight excluding hydrogens is 663 g/mol. The molecule has 54 heavy (non-hydrogen) atoms. The van der Waals surface area contributed by atoms with Crippen molar-refractivity contribution in [3.8, 4) is 22.3 Å². The van der Waals surface area contributed by atoms with Crippen LogP contribution in [0.25, 0.3) is 76.9 Å². The Labute approximate surface area is 310 Å². The molecule has 1 aliphatic heterocycles. The molecule has 10 aromatic rings. The number of aliphatic imine (C=N–C) groups is 2. The van der Waals surface area contributed by atoms with Gasteiger partial charge in [-0.25, -0.2) is 9.98 Å². The van der Waals surface area contributed by atoms with Crippen LogP contribution in [0.2, 0.25) is 0 Å². The summed E-state index contributed by atoms with van der Waals surface area (Å²) in [6.07, 6.45) is -0.369. The Bertz CT molecular complexity index is 3150. The van der Waals surface area contributed by atoms with E-state index >= 15 is 0 Å². The minimum Gasteiger partial charge on any atom is -0.455 e. The first-order valence-corrected chi connectivity index (χ1v) is 18.2. The van der Waals surface area contributed by atoms with Crippen LogP contribution < -0.4 is 5.32 Å². The first kappa shape index (κ1) is 30.4. The largest absolute Gasteiger partial charge is 0.455 e. The molecule has 0 spiro atoms. The van der Waals surface area contributed by atoms with Gasteiger partial charge in [0.15, 0.2) is 5.84 Å². The van der Waals surface area contributed by atoms with E-state index < -0.39 is 0 Å². The van der Waals surface area contributed by atoms with E-state index in [2.05, 4.69) is 133 Å². The van der Waals surface area contributed by atoms with E-state index in [0.717, 1.165) is 82.8 Å². The molecule has 0 saturated carbocycles. The lowest BCUT2D eigenvalue weighted by Crippen LogP contribution is -2.33. The highest BCUT2D eigenvalue weighted by Gasteiger charge is 2.26. The van der Waals surface area contributed by atoms with Gasteiger partial charge in [0.05, 0.1) is 5.56 Å². The van der Waals surface area contributed by atoms with E-state index in [4.69, 9.17) is 18.8 Å². The van der Waals surface area contributed by atoms with Gasteiger partial charge in [0.2, 0.25) is 0 Å². The molecule has 0 aliphatic carbocycles. The fraction of sp³-hybridized carbons (Fsp3) is 0.0204. The van der Waals surface area contributed by atoms with Gasteiger partial charge in [-0.15, -0.1) is 0 Å². The molecule has 8 aromatic carbocycles. The highest BCUT2D eigenvalue weighted by atomic mass is 16.3. The second-order valence-electron chi connectivity index (χ2n) is 13.7. The van der Waals surface area contributed by atoms with Crippen LogP contribution in [0.15, 0.2) is 195 Å². The first-order chi connectivity index (χ1) is 26.8. The molecule has 0 saturated heterocycles. The Balaban J connectivity index is 1.12. The standard InChI is InChI=1S/C49H31N3O2/c1-2-14-31(15-3-1)47-50-48(52-49(51-47)41-22-12-21-38-36-18-8-10-23-42(36)53-45(38)41)39-19-7-6-17-35(39)37-28-27-34(33-26-25-30-13-4-5-16-32(30)29-33)46-44(37)40-20-9-11-24-43(40)54-46/h1-29,47H,(H,50,51,52). The number of furan rings is 2. The number of nitrogens with one attached hydrogen (secondary N) is 1. The predicted octanol–water partition coefficient (Wildman–Crippen LogP) is 12.5. The number of amidine groups is 2. The zero-order valence-electron chi connectivity index (χ0n) is 29.0. The average molecular weight is 694 g/mol. The van der Waals surface area contributed by atoms with Gasteiger partial charge in [0.1, 0.15) is 34.3 Å². The van der Waals surface area contributed by atoms with Crippen LogP contribution in [0, 0.1) is 0 Å². The van der Waals surface area contributed by atoms with Gasteiger partial charge in [-0.3, -0.25) is 0 Å². The quantitative estimate of drug-likeness (QED) is 0.195. The average Bonchev–Trinajstić information content (AvgIpc) is 3.83. The summed E-state index contributed by atoms with van der Waals surface area (Å²) in [7, 11) is 0. The zero-order chi connectivity index (χ0) is 35.6. The molecule has 11 rings (SSSR count). The van der Waals surface area contributed by atoms with E-state index in [9.17, 15) is 0 Å². The number of para-hydroxylation sites is 3. The van der Waals surface area contributed by atoms with E-state index in [1.165, 1.54) is 10.8 Å². The van der Waals surface area contributed by atoms with Crippen LogP contribution in [0.3, 0.4) is 0 Å². The lowest BCUT2D eigenvalue weighted by atomic mass is 9.91. The Morgan fingerprint density at radius 1 is 0.444 bits per heavy atom. The van der Waals surface area contributed by atoms with E-state index in [1.54, 1.807) is 0 Å². The van der Waals surface area contributed by atoms with Crippen molar-refractivity contribution in [1.82, 2.24) is 5.32 Å². The first-order valence-electron chi connectivity index (χ1n) is 18.2. The molecule has 5 nitrogen and oxygen atoms in total. The topological polar surface area (TPSA) is 63.0 Å². The molecular formula is C49H31N3O2. The fourth-order valence-electron chi connectivity index (χ4n) is 8.00. The summed E-state index contributed by atoms with van der Waals surface area (Å²) in [5, 5.41) is 10.3. The summed E-state index contributed by atoms with van der Waals surface area (Å²) in [5.74, 6) is 1.35. The van der Waals surface area contributed by atoms with Crippen molar-refractivity contribution in [3.63, 3.8) is 0 Å². The highest BCUT2D eigenvalue weighted by molar-refractivity contribution is 6.22. The molecule has 1 atom stereocenters. The van der Waals surface area contributed by atoms with E-state index in [-0.39, 0.29) is 6.17 Å². The van der Waals surface area contributed by atoms with Crippen molar-refractivity contribution >= 4 is 66.3 Å². The van der Waals surface area contributed by atoms with Gasteiger partial charge >= 0.3 is 0 Å². The number of rotatable bonds is 5. The maximum absolute atomic E-state index is 6.73. The maximum atomic E-state index is 6.73. The molecule has 1 N–H and O–H groups in total. The Hall–Kier alpha value is -7.24. The van der Waals surface area contributed by atoms with Crippen LogP contribution in [0.1, 0.15) is 22.9 Å². The second-order valence-corrected chi connectivity index (χ2v) is 13.7. The predicted molar refractivity (Wildman–Crippen MR) is 221 cm³/mol. The van der Waals surface area contributed by atoms with Crippen LogP contribution in [-0.4, -0.2) is 11.7 Å². The monoisotopic (exact) mass is 693 g/mol. The number of hydrogen-bond acceptors (Lipinski definition) is 5. The molecule has 0 bridgehead atoms. The maximum Gasteiger partial charge on any atom is 0.160 e. The number of fused-ring (bicyclic) bond motifs is 7. The van der Waals surface area contributed by atoms with Crippen molar-refractivity contribution < 1.29 is 8.83 Å². The Morgan fingerprint density at radius 3 is 1.96 bits per heavy atom. The SMILES string of the molecule is c1ccc(C2N=C(c3ccccc3-c3ccc(-c4ccc5ccccc5c4)c4oc5ccccc5c34)N=C(c3cccc4c3oc3ccccc34)N2)cc1. The smallest absolute Gasteiger partial charge is 0.160 e. The van der Waals surface area contributed by atoms with Gasteiger partial charge in [-0.05, 0) is 63.4 Å². The molecule has 1 aliphatic rings. The minimum atomic E-state index is -0.369. The molecule has 3 heterocycles. The van der Waals surface area contributed by atoms with Gasteiger partial charge in [-0.1, -0.05) is 146 Å². The molecule has 5 heteroatoms. The third-order valence-electron chi connectivity index (χ3n) is 10.6. The second kappa shape index (κ2) is 12.2. The van der Waals surface area contributed by atoms with Crippen LogP contribution >= 0.6 is 0 Å². The third-order valence-corrected chi connectivity index (χ3v) is 10.6. The van der Waals surface area contributed by atoms with Gasteiger partial charge in [0, 0.05) is 32.7 Å². The summed E-state index contributed by atoms with van der Waals surface area (Å²) in [6, 6.07) is 60.9. The van der Waals surface area contributed by atoms with Crippen molar-refractivity contribution in [2.45, 2.75) is 6.17 Å². The van der Waals surface area contributed by atoms with Gasteiger partial charge < -0.3 is 14.2 Å². The van der Waals surface area contributed by atoms with E-state index in [0.29, 0.717) is 11.7 Å². The minimum absolute atomic E-state index is 0.369. The van der Waals surface area contributed by atoms with Crippen LogP contribution in [0.5, 0.6) is 0 Å². The van der Waals surface area contributed by atoms with Gasteiger partial charge in [0.25, 0.3) is 0 Å². The summed E-state index contributed by atoms with van der Waals surface area (Å²) < 4.78 is 13.2. The van der Waals surface area contributed by atoms with Crippen molar-refractivity contribution in [1.29, 1.82) is 0 Å². The Morgan fingerprint density at radius 2 is 1.09 bits per heavy atom. The number of benzene rings is 8. The van der Waals surface area contributed by atoms with Gasteiger partial charge in [-0.2, -0.15) is 0 Å². The zero-order valence-corrected chi connectivity index (χ0v) is 29.0. The number of nitrogens with zero attached hydrogens (tertiary/aromatic N) is 2. The summed E-state index contributed by atoms with van der Waals surface area (Å²) >= 11 is 0. The molecule has 2 aromatic heterocycles. The van der Waals surface area contributed by atoms with Crippen molar-refractivity contribution in [2.24, 2.45) is 9.98 Å². The van der Waals surface area contributed by atoms with Crippen LogP contribution in [-0.2, 0) is 0 Å². The molecule has 1 unspecified atom stereocenters. The third kappa shape index (κ3) is 4.86. The summed E-state index contributed by atoms with van der Waals surface area (Å²) in [6.45, 7) is 0.